The van der Waals surface area contributed by atoms with Crippen molar-refractivity contribution in [2.45, 2.75) is 25.5 Å². The maximum atomic E-state index is 13.0. The summed E-state index contributed by atoms with van der Waals surface area (Å²) in [6.07, 6.45) is 0.577. The van der Waals surface area contributed by atoms with E-state index in [4.69, 9.17) is 10.00 Å². The lowest BCUT2D eigenvalue weighted by molar-refractivity contribution is -0.141. The molecule has 0 saturated carbocycles. The Hall–Kier alpha value is -3.17. The van der Waals surface area contributed by atoms with Crippen molar-refractivity contribution in [3.63, 3.8) is 0 Å². The first kappa shape index (κ1) is 19.2. The number of esters is 1. The third-order valence-electron chi connectivity index (χ3n) is 5.56. The molecule has 4 rings (SSSR count). The standard InChI is InChI=1S/C23H23N3O3/c24-15-17-6-8-18(9-7-17)16-25-10-3-11-26(13-12-25)22(27)21-14-19-4-1-2-5-20(19)23(28)29-21/h1-2,4-9,21H,3,10-14,16H2. The van der Waals surface area contributed by atoms with Crippen molar-refractivity contribution in [2.75, 3.05) is 26.2 Å². The predicted octanol–water partition coefficient (Wildman–Crippen LogP) is 2.37. The zero-order valence-electron chi connectivity index (χ0n) is 16.2. The zero-order valence-corrected chi connectivity index (χ0v) is 16.2. The van der Waals surface area contributed by atoms with Crippen LogP contribution in [0.15, 0.2) is 48.5 Å². The number of carbonyl (C=O) groups excluding carboxylic acids is 2. The van der Waals surface area contributed by atoms with Crippen LogP contribution < -0.4 is 0 Å². The summed E-state index contributed by atoms with van der Waals surface area (Å²) in [6.45, 7) is 3.74. The quantitative estimate of drug-likeness (QED) is 0.754. The minimum atomic E-state index is -0.734. The summed E-state index contributed by atoms with van der Waals surface area (Å²) in [4.78, 5) is 29.4. The number of carbonyl (C=O) groups is 2. The molecule has 6 nitrogen and oxygen atoms in total. The Morgan fingerprint density at radius 3 is 2.66 bits per heavy atom. The first-order valence-electron chi connectivity index (χ1n) is 9.93. The van der Waals surface area contributed by atoms with Crippen LogP contribution in [0.4, 0.5) is 0 Å². The Kier molecular flexibility index (Phi) is 5.59. The van der Waals surface area contributed by atoms with E-state index >= 15 is 0 Å². The summed E-state index contributed by atoms with van der Waals surface area (Å²) in [5.41, 5.74) is 3.24. The first-order valence-corrected chi connectivity index (χ1v) is 9.93. The lowest BCUT2D eigenvalue weighted by atomic mass is 9.98. The summed E-state index contributed by atoms with van der Waals surface area (Å²) >= 11 is 0. The van der Waals surface area contributed by atoms with Gasteiger partial charge in [-0.15, -0.1) is 0 Å². The van der Waals surface area contributed by atoms with Crippen LogP contribution in [0.5, 0.6) is 0 Å². The molecule has 2 aromatic rings. The number of benzene rings is 2. The summed E-state index contributed by atoms with van der Waals surface area (Å²) < 4.78 is 5.44. The summed E-state index contributed by atoms with van der Waals surface area (Å²) in [5, 5.41) is 8.92. The van der Waals surface area contributed by atoms with Gasteiger partial charge in [-0.2, -0.15) is 5.26 Å². The van der Waals surface area contributed by atoms with E-state index in [0.717, 1.165) is 37.2 Å². The number of nitrogens with zero attached hydrogens (tertiary/aromatic N) is 3. The molecule has 1 saturated heterocycles. The molecule has 0 radical (unpaired) electrons. The maximum absolute atomic E-state index is 13.0. The normalized spacial score (nSPS) is 19.6. The van der Waals surface area contributed by atoms with Crippen molar-refractivity contribution in [1.82, 2.24) is 9.80 Å². The van der Waals surface area contributed by atoms with Crippen LogP contribution in [0.3, 0.4) is 0 Å². The number of ether oxygens (including phenoxy) is 1. The molecule has 2 aromatic carbocycles. The minimum absolute atomic E-state index is 0.104. The zero-order chi connectivity index (χ0) is 20.2. The number of hydrogen-bond donors (Lipinski definition) is 0. The summed E-state index contributed by atoms with van der Waals surface area (Å²) in [5.74, 6) is -0.518. The summed E-state index contributed by atoms with van der Waals surface area (Å²) in [6, 6.07) is 17.1. The van der Waals surface area contributed by atoms with E-state index in [-0.39, 0.29) is 5.91 Å². The van der Waals surface area contributed by atoms with Gasteiger partial charge in [-0.25, -0.2) is 4.79 Å². The second kappa shape index (κ2) is 8.46. The maximum Gasteiger partial charge on any atom is 0.339 e. The van der Waals surface area contributed by atoms with Gasteiger partial charge in [0.15, 0.2) is 6.10 Å². The number of nitriles is 1. The van der Waals surface area contributed by atoms with Crippen LogP contribution in [0, 0.1) is 11.3 Å². The van der Waals surface area contributed by atoms with Crippen LogP contribution in [0.25, 0.3) is 0 Å². The Morgan fingerprint density at radius 2 is 1.86 bits per heavy atom. The molecule has 0 aliphatic carbocycles. The lowest BCUT2D eigenvalue weighted by Crippen LogP contribution is -2.45. The summed E-state index contributed by atoms with van der Waals surface area (Å²) in [7, 11) is 0. The van der Waals surface area contributed by atoms with Gasteiger partial charge in [0.2, 0.25) is 0 Å². The smallest absolute Gasteiger partial charge is 0.339 e. The van der Waals surface area contributed by atoms with Crippen LogP contribution in [0.1, 0.15) is 33.5 Å². The molecule has 29 heavy (non-hydrogen) atoms. The van der Waals surface area contributed by atoms with Gasteiger partial charge >= 0.3 is 5.97 Å². The van der Waals surface area contributed by atoms with E-state index < -0.39 is 12.1 Å². The van der Waals surface area contributed by atoms with E-state index in [2.05, 4.69) is 11.0 Å². The molecular weight excluding hydrogens is 366 g/mol. The van der Waals surface area contributed by atoms with E-state index in [0.29, 0.717) is 30.6 Å². The molecule has 2 aliphatic heterocycles. The highest BCUT2D eigenvalue weighted by Gasteiger charge is 2.34. The second-order valence-electron chi connectivity index (χ2n) is 7.52. The molecule has 0 aromatic heterocycles. The topological polar surface area (TPSA) is 73.6 Å². The SMILES string of the molecule is N#Cc1ccc(CN2CCCN(C(=O)C3Cc4ccccc4C(=O)O3)CC2)cc1. The van der Waals surface area contributed by atoms with Gasteiger partial charge in [0.25, 0.3) is 5.91 Å². The van der Waals surface area contributed by atoms with Gasteiger partial charge in [-0.3, -0.25) is 9.69 Å². The Bertz CT molecular complexity index is 949. The Morgan fingerprint density at radius 1 is 1.07 bits per heavy atom. The van der Waals surface area contributed by atoms with Gasteiger partial charge in [-0.1, -0.05) is 30.3 Å². The molecule has 0 spiro atoms. The van der Waals surface area contributed by atoms with Gasteiger partial charge in [-0.05, 0) is 35.7 Å². The fraction of sp³-hybridized carbons (Fsp3) is 0.348. The van der Waals surface area contributed by atoms with E-state index in [1.807, 2.05) is 41.3 Å². The van der Waals surface area contributed by atoms with Crippen LogP contribution in [0.2, 0.25) is 0 Å². The number of fused-ring (bicyclic) bond motifs is 1. The number of hydrogen-bond acceptors (Lipinski definition) is 5. The van der Waals surface area contributed by atoms with Crippen molar-refractivity contribution in [2.24, 2.45) is 0 Å². The third kappa shape index (κ3) is 4.30. The molecule has 0 N–H and O–H groups in total. The number of amides is 1. The molecule has 1 fully saturated rings. The van der Waals surface area contributed by atoms with Gasteiger partial charge in [0.1, 0.15) is 0 Å². The van der Waals surface area contributed by atoms with Gasteiger partial charge in [0, 0.05) is 39.1 Å². The van der Waals surface area contributed by atoms with Crippen LogP contribution in [-0.4, -0.2) is 54.0 Å². The second-order valence-corrected chi connectivity index (χ2v) is 7.52. The minimum Gasteiger partial charge on any atom is -0.448 e. The third-order valence-corrected chi connectivity index (χ3v) is 5.56. The van der Waals surface area contributed by atoms with Crippen molar-refractivity contribution < 1.29 is 14.3 Å². The van der Waals surface area contributed by atoms with E-state index in [1.165, 1.54) is 0 Å². The Balaban J connectivity index is 1.36. The molecule has 1 amide bonds. The molecule has 1 unspecified atom stereocenters. The molecule has 6 heteroatoms. The average Bonchev–Trinajstić information content (AvgIpc) is 2.99. The van der Waals surface area contributed by atoms with Crippen molar-refractivity contribution >= 4 is 11.9 Å². The van der Waals surface area contributed by atoms with Crippen molar-refractivity contribution in [3.8, 4) is 6.07 Å². The molecule has 2 heterocycles. The van der Waals surface area contributed by atoms with E-state index in [9.17, 15) is 9.59 Å². The monoisotopic (exact) mass is 389 g/mol. The first-order chi connectivity index (χ1) is 14.1. The largest absolute Gasteiger partial charge is 0.448 e. The molecule has 0 bridgehead atoms. The Labute approximate surface area is 170 Å². The fourth-order valence-corrected chi connectivity index (χ4v) is 3.97. The molecule has 148 valence electrons. The fourth-order valence-electron chi connectivity index (χ4n) is 3.97. The highest BCUT2D eigenvalue weighted by molar-refractivity contribution is 5.95. The molecule has 1 atom stereocenters. The number of cyclic esters (lactones) is 1. The van der Waals surface area contributed by atoms with Crippen LogP contribution in [-0.2, 0) is 22.5 Å². The molecule has 2 aliphatic rings. The molecular formula is C23H23N3O3. The van der Waals surface area contributed by atoms with Gasteiger partial charge in [0.05, 0.1) is 17.2 Å². The average molecular weight is 389 g/mol. The van der Waals surface area contributed by atoms with E-state index in [1.54, 1.807) is 12.1 Å². The van der Waals surface area contributed by atoms with Gasteiger partial charge < -0.3 is 9.64 Å². The highest BCUT2D eigenvalue weighted by Crippen LogP contribution is 2.22. The predicted molar refractivity (Wildman–Crippen MR) is 107 cm³/mol. The van der Waals surface area contributed by atoms with Crippen molar-refractivity contribution in [3.05, 3.63) is 70.8 Å². The van der Waals surface area contributed by atoms with Crippen LogP contribution >= 0.6 is 0 Å². The highest BCUT2D eigenvalue weighted by atomic mass is 16.5. The van der Waals surface area contributed by atoms with Crippen molar-refractivity contribution in [1.29, 1.82) is 5.26 Å². The number of rotatable bonds is 3. The lowest BCUT2D eigenvalue weighted by Gasteiger charge is -2.29.